The maximum Gasteiger partial charge on any atom is 0.137 e. The van der Waals surface area contributed by atoms with Gasteiger partial charge in [-0.2, -0.15) is 0 Å². The third kappa shape index (κ3) is 4.89. The molecule has 0 bridgehead atoms. The normalized spacial score (nSPS) is 11.6. The fourth-order valence-corrected chi connectivity index (χ4v) is 7.39. The molecule has 0 fully saturated rings. The lowest BCUT2D eigenvalue weighted by atomic mass is 9.79. The Kier molecular flexibility index (Phi) is 7.14. The van der Waals surface area contributed by atoms with Gasteiger partial charge in [0, 0.05) is 39.8 Å². The topological polar surface area (TPSA) is 16.4 Å². The lowest BCUT2D eigenvalue weighted by Crippen LogP contribution is -2.12. The highest BCUT2D eigenvalue weighted by Gasteiger charge is 2.25. The number of hydrogen-bond acceptors (Lipinski definition) is 2. The van der Waals surface area contributed by atoms with Crippen LogP contribution in [0.1, 0.15) is 44.9 Å². The van der Waals surface area contributed by atoms with E-state index in [9.17, 15) is 0 Å². The monoisotopic (exact) mass is 607 g/mol. The molecule has 0 radical (unpaired) electrons. The average molecular weight is 608 g/mol. The number of furan rings is 1. The number of aryl methyl sites for hydroxylation is 4. The van der Waals surface area contributed by atoms with Gasteiger partial charge < -0.3 is 9.32 Å². The molecule has 0 atom stereocenters. The minimum atomic E-state index is 0.0630. The van der Waals surface area contributed by atoms with Gasteiger partial charge in [0.25, 0.3) is 0 Å². The van der Waals surface area contributed by atoms with Crippen molar-refractivity contribution in [3.05, 3.63) is 185 Å². The Morgan fingerprint density at radius 2 is 0.936 bits per heavy atom. The zero-order valence-corrected chi connectivity index (χ0v) is 27.3. The molecule has 0 saturated heterocycles. The molecule has 0 aliphatic heterocycles. The van der Waals surface area contributed by atoms with Gasteiger partial charge in [-0.3, -0.25) is 0 Å². The molecule has 8 aromatic rings. The highest BCUT2D eigenvalue weighted by Crippen LogP contribution is 2.45. The van der Waals surface area contributed by atoms with Crippen molar-refractivity contribution in [2.45, 2.75) is 33.6 Å². The van der Waals surface area contributed by atoms with Crippen molar-refractivity contribution in [3.8, 4) is 0 Å². The van der Waals surface area contributed by atoms with Crippen molar-refractivity contribution in [3.63, 3.8) is 0 Å². The maximum atomic E-state index is 6.88. The van der Waals surface area contributed by atoms with Crippen LogP contribution in [0.25, 0.3) is 32.7 Å². The van der Waals surface area contributed by atoms with Crippen molar-refractivity contribution in [1.82, 2.24) is 0 Å². The van der Waals surface area contributed by atoms with E-state index in [0.717, 1.165) is 39.0 Å². The van der Waals surface area contributed by atoms with Crippen LogP contribution in [-0.4, -0.2) is 0 Å². The molecule has 47 heavy (non-hydrogen) atoms. The summed E-state index contributed by atoms with van der Waals surface area (Å²) in [6, 6.07) is 52.6. The van der Waals surface area contributed by atoms with Crippen molar-refractivity contribution < 1.29 is 4.42 Å². The molecule has 0 spiro atoms. The number of rotatable bonds is 6. The van der Waals surface area contributed by atoms with Crippen molar-refractivity contribution in [1.29, 1.82) is 0 Å². The number of fused-ring (bicyclic) bond motifs is 5. The highest BCUT2D eigenvalue weighted by atomic mass is 16.3. The van der Waals surface area contributed by atoms with Crippen molar-refractivity contribution in [2.75, 3.05) is 4.90 Å². The van der Waals surface area contributed by atoms with Crippen LogP contribution in [0.3, 0.4) is 0 Å². The molecule has 2 nitrogen and oxygen atoms in total. The smallest absolute Gasteiger partial charge is 0.137 e. The molecule has 0 unspecified atom stereocenters. The Balaban J connectivity index is 1.39. The second-order valence-electron chi connectivity index (χ2n) is 12.7. The molecule has 1 heterocycles. The zero-order valence-electron chi connectivity index (χ0n) is 27.3. The van der Waals surface area contributed by atoms with Crippen LogP contribution in [-0.2, 0) is 0 Å². The Bertz CT molecular complexity index is 2340. The summed E-state index contributed by atoms with van der Waals surface area (Å²) in [6.07, 6.45) is 0. The van der Waals surface area contributed by atoms with E-state index in [2.05, 4.69) is 178 Å². The minimum absolute atomic E-state index is 0.0630. The second kappa shape index (κ2) is 11.6. The van der Waals surface area contributed by atoms with E-state index in [1.54, 1.807) is 0 Å². The third-order valence-electron chi connectivity index (χ3n) is 9.78. The molecule has 0 aliphatic carbocycles. The van der Waals surface area contributed by atoms with Gasteiger partial charge in [0.1, 0.15) is 11.2 Å². The van der Waals surface area contributed by atoms with E-state index in [4.69, 9.17) is 4.42 Å². The van der Waals surface area contributed by atoms with Gasteiger partial charge in [0.05, 0.1) is 0 Å². The standard InChI is InChI=1S/C45H37NO/c1-29-15-5-9-19-34(29)44(35-20-10-6-16-30(35)2)39-28-43-45(37-22-12-11-21-36(37)39)38-26-25-33(27-42(38)47-43)46(40-23-13-7-17-31(40)3)41-24-14-8-18-32(41)4/h5-28,44H,1-4H3. The average Bonchev–Trinajstić information content (AvgIpc) is 3.46. The predicted molar refractivity (Wildman–Crippen MR) is 199 cm³/mol. The van der Waals surface area contributed by atoms with Crippen LogP contribution >= 0.6 is 0 Å². The van der Waals surface area contributed by atoms with E-state index >= 15 is 0 Å². The van der Waals surface area contributed by atoms with Crippen LogP contribution in [0, 0.1) is 27.7 Å². The summed E-state index contributed by atoms with van der Waals surface area (Å²) in [5.41, 5.74) is 14.1. The first-order chi connectivity index (χ1) is 23.0. The van der Waals surface area contributed by atoms with Crippen molar-refractivity contribution in [2.24, 2.45) is 0 Å². The van der Waals surface area contributed by atoms with Gasteiger partial charge in [-0.1, -0.05) is 109 Å². The second-order valence-corrected chi connectivity index (χ2v) is 12.7. The molecule has 0 aliphatic rings. The molecule has 0 amide bonds. The first kappa shape index (κ1) is 28.8. The molecule has 7 aromatic carbocycles. The van der Waals surface area contributed by atoms with Crippen LogP contribution in [0.15, 0.2) is 150 Å². The first-order valence-electron chi connectivity index (χ1n) is 16.4. The van der Waals surface area contributed by atoms with Gasteiger partial charge in [-0.05, 0) is 108 Å². The minimum Gasteiger partial charge on any atom is -0.456 e. The number of benzene rings is 7. The Morgan fingerprint density at radius 3 is 1.51 bits per heavy atom. The third-order valence-corrected chi connectivity index (χ3v) is 9.78. The summed E-state index contributed by atoms with van der Waals surface area (Å²) in [4.78, 5) is 2.35. The largest absolute Gasteiger partial charge is 0.456 e. The lowest BCUT2D eigenvalue weighted by Gasteiger charge is -2.28. The summed E-state index contributed by atoms with van der Waals surface area (Å²) < 4.78 is 6.88. The number of hydrogen-bond donors (Lipinski definition) is 0. The Hall–Kier alpha value is -5.60. The molecule has 2 heteroatoms. The van der Waals surface area contributed by atoms with Crippen LogP contribution in [0.2, 0.25) is 0 Å². The van der Waals surface area contributed by atoms with Crippen LogP contribution in [0.5, 0.6) is 0 Å². The maximum absolute atomic E-state index is 6.88. The van der Waals surface area contributed by atoms with E-state index in [1.165, 1.54) is 49.7 Å². The van der Waals surface area contributed by atoms with Crippen LogP contribution < -0.4 is 4.90 Å². The number of anilines is 3. The highest BCUT2D eigenvalue weighted by molar-refractivity contribution is 6.20. The Morgan fingerprint density at radius 1 is 0.426 bits per heavy atom. The summed E-state index contributed by atoms with van der Waals surface area (Å²) >= 11 is 0. The predicted octanol–water partition coefficient (Wildman–Crippen LogP) is 12.6. The number of nitrogens with zero attached hydrogens (tertiary/aromatic N) is 1. The fraction of sp³-hybridized carbons (Fsp3) is 0.111. The fourth-order valence-electron chi connectivity index (χ4n) is 7.39. The SMILES string of the molecule is Cc1ccccc1C(c1ccccc1C)c1cc2oc3cc(N(c4ccccc4C)c4ccccc4C)ccc3c2c2ccccc12. The molecule has 1 aromatic heterocycles. The van der Waals surface area contributed by atoms with E-state index in [0.29, 0.717) is 0 Å². The molecular weight excluding hydrogens is 571 g/mol. The lowest BCUT2D eigenvalue weighted by molar-refractivity contribution is 0.668. The van der Waals surface area contributed by atoms with Gasteiger partial charge in [-0.25, -0.2) is 0 Å². The van der Waals surface area contributed by atoms with E-state index in [-0.39, 0.29) is 5.92 Å². The van der Waals surface area contributed by atoms with E-state index < -0.39 is 0 Å². The molecular formula is C45H37NO. The van der Waals surface area contributed by atoms with Crippen molar-refractivity contribution >= 4 is 49.8 Å². The van der Waals surface area contributed by atoms with Gasteiger partial charge >= 0.3 is 0 Å². The first-order valence-corrected chi connectivity index (χ1v) is 16.4. The van der Waals surface area contributed by atoms with Gasteiger partial charge in [0.2, 0.25) is 0 Å². The zero-order chi connectivity index (χ0) is 32.1. The van der Waals surface area contributed by atoms with Gasteiger partial charge in [-0.15, -0.1) is 0 Å². The summed E-state index contributed by atoms with van der Waals surface area (Å²) in [5, 5.41) is 4.76. The molecule has 0 N–H and O–H groups in total. The van der Waals surface area contributed by atoms with Gasteiger partial charge in [0.15, 0.2) is 0 Å². The molecule has 8 rings (SSSR count). The molecule has 228 valence electrons. The van der Waals surface area contributed by atoms with E-state index in [1.807, 2.05) is 0 Å². The summed E-state index contributed by atoms with van der Waals surface area (Å²) in [6.45, 7) is 8.79. The number of para-hydroxylation sites is 2. The Labute approximate surface area is 276 Å². The quantitative estimate of drug-likeness (QED) is 0.175. The summed E-state index contributed by atoms with van der Waals surface area (Å²) in [7, 11) is 0. The summed E-state index contributed by atoms with van der Waals surface area (Å²) in [5.74, 6) is 0.0630. The van der Waals surface area contributed by atoms with Crippen LogP contribution in [0.4, 0.5) is 17.1 Å². The molecule has 0 saturated carbocycles.